The van der Waals surface area contributed by atoms with Crippen LogP contribution in [-0.2, 0) is 5.41 Å². The quantitative estimate of drug-likeness (QED) is 0.137. The van der Waals surface area contributed by atoms with Crippen molar-refractivity contribution in [3.63, 3.8) is 0 Å². The highest BCUT2D eigenvalue weighted by Crippen LogP contribution is 2.65. The summed E-state index contributed by atoms with van der Waals surface area (Å²) in [5, 5.41) is 10.3. The third kappa shape index (κ3) is 8.27. The molecule has 5 aliphatic carbocycles. The molecule has 4 heteroatoms. The topological polar surface area (TPSA) is 32.8 Å². The van der Waals surface area contributed by atoms with Crippen LogP contribution in [0, 0.1) is 11.8 Å². The Balaban J connectivity index is 0.837. The molecule has 4 nitrogen and oxygen atoms in total. The maximum Gasteiger partial charge on any atom is 0.159 e. The molecular weight excluding hydrogens is 1030 g/mol. The van der Waals surface area contributed by atoms with Crippen LogP contribution >= 0.6 is 0 Å². The van der Waals surface area contributed by atoms with Crippen molar-refractivity contribution in [2.45, 2.75) is 146 Å². The van der Waals surface area contributed by atoms with Crippen LogP contribution in [0.15, 0.2) is 203 Å². The van der Waals surface area contributed by atoms with Gasteiger partial charge in [0.2, 0.25) is 0 Å². The summed E-state index contributed by atoms with van der Waals surface area (Å²) in [5.74, 6) is 2.19. The first-order valence-corrected chi connectivity index (χ1v) is 32.9. The Morgan fingerprint density at radius 3 is 1.08 bits per heavy atom. The van der Waals surface area contributed by atoms with Crippen LogP contribution in [0.25, 0.3) is 76.5 Å². The number of hydrogen-bond acceptors (Lipinski definition) is 4. The lowest BCUT2D eigenvalue weighted by molar-refractivity contribution is 0.140. The lowest BCUT2D eigenvalue weighted by atomic mass is 9.54. The molecule has 0 amide bonds. The van der Waals surface area contributed by atoms with E-state index in [-0.39, 0.29) is 5.41 Å². The molecule has 0 spiro atoms. The van der Waals surface area contributed by atoms with Crippen molar-refractivity contribution in [1.29, 1.82) is 0 Å². The summed E-state index contributed by atoms with van der Waals surface area (Å²) in [4.78, 5) is 4.93. The van der Waals surface area contributed by atoms with E-state index in [2.05, 4.69) is 204 Å². The van der Waals surface area contributed by atoms with Crippen LogP contribution in [0.2, 0.25) is 0 Å². The van der Waals surface area contributed by atoms with Gasteiger partial charge in [0.05, 0.1) is 11.4 Å². The molecule has 0 atom stereocenters. The number of fused-ring (bicyclic) bond motifs is 13. The summed E-state index contributed by atoms with van der Waals surface area (Å²) >= 11 is 0. The average molecular weight is 1110 g/mol. The number of hydrogen-bond donors (Lipinski definition) is 0. The lowest BCUT2D eigenvalue weighted by Gasteiger charge is -2.49. The van der Waals surface area contributed by atoms with Crippen molar-refractivity contribution in [3.8, 4) is 11.1 Å². The van der Waals surface area contributed by atoms with Gasteiger partial charge >= 0.3 is 0 Å². The van der Waals surface area contributed by atoms with E-state index in [1.807, 2.05) is 0 Å². The third-order valence-electron chi connectivity index (χ3n) is 21.8. The number of para-hydroxylation sites is 6. The van der Waals surface area contributed by atoms with E-state index in [9.17, 15) is 0 Å². The molecule has 12 aromatic rings. The number of rotatable bonds is 10. The minimum atomic E-state index is -0.127. The molecule has 85 heavy (non-hydrogen) atoms. The van der Waals surface area contributed by atoms with Crippen molar-refractivity contribution in [1.82, 2.24) is 0 Å². The van der Waals surface area contributed by atoms with Gasteiger partial charge in [-0.1, -0.05) is 211 Å². The summed E-state index contributed by atoms with van der Waals surface area (Å²) in [6, 6.07) is 74.4. The maximum absolute atomic E-state index is 7.24. The monoisotopic (exact) mass is 1110 g/mol. The summed E-state index contributed by atoms with van der Waals surface area (Å²) in [5.41, 5.74) is 19.5. The predicted octanol–water partition coefficient (Wildman–Crippen LogP) is 24.3. The molecule has 0 unspecified atom stereocenters. The highest BCUT2D eigenvalue weighted by molar-refractivity contribution is 6.13. The van der Waals surface area contributed by atoms with Gasteiger partial charge in [0.25, 0.3) is 0 Å². The average Bonchev–Trinajstić information content (AvgIpc) is 1.99. The van der Waals surface area contributed by atoms with E-state index in [0.29, 0.717) is 23.7 Å². The molecule has 2 heterocycles. The van der Waals surface area contributed by atoms with Crippen molar-refractivity contribution >= 4 is 99.5 Å². The Morgan fingerprint density at radius 1 is 0.294 bits per heavy atom. The fourth-order valence-electron chi connectivity index (χ4n) is 18.1. The summed E-state index contributed by atoms with van der Waals surface area (Å²) < 4.78 is 14.5. The normalized spacial score (nSPS) is 18.0. The lowest BCUT2D eigenvalue weighted by Crippen LogP contribution is -2.44. The SMILES string of the molecule is c1ccc(N(c2ccc3c4c(ccc3c2)-c2ccc3cc(N(c5ccccc5)c5cccc6c5oc5c(C7CCCCC7)cccc56)ccc3c2C4(C2CCCCC2)C2CCCCC2)c2cccc3c2oc2c(C4CCCCC4)cccc23)cc1. The van der Waals surface area contributed by atoms with Gasteiger partial charge in [-0.2, -0.15) is 0 Å². The highest BCUT2D eigenvalue weighted by Gasteiger charge is 2.55. The molecule has 0 saturated heterocycles. The largest absolute Gasteiger partial charge is 0.454 e. The van der Waals surface area contributed by atoms with E-state index in [1.165, 1.54) is 194 Å². The van der Waals surface area contributed by atoms with E-state index in [4.69, 9.17) is 8.83 Å². The molecule has 4 saturated carbocycles. The molecule has 2 aromatic heterocycles. The van der Waals surface area contributed by atoms with Gasteiger partial charge in [-0.25, -0.2) is 0 Å². The Morgan fingerprint density at radius 2 is 0.671 bits per heavy atom. The van der Waals surface area contributed by atoms with Gasteiger partial charge in [-0.05, 0) is 191 Å². The Labute approximate surface area is 500 Å². The number of anilines is 6. The van der Waals surface area contributed by atoms with Crippen molar-refractivity contribution < 1.29 is 8.83 Å². The second-order valence-corrected chi connectivity index (χ2v) is 26.3. The molecule has 4 fully saturated rings. The van der Waals surface area contributed by atoms with Crippen molar-refractivity contribution in [2.75, 3.05) is 9.80 Å². The van der Waals surface area contributed by atoms with E-state index in [0.717, 1.165) is 56.5 Å². The molecule has 0 N–H and O–H groups in total. The molecule has 10 aromatic carbocycles. The van der Waals surface area contributed by atoms with Crippen LogP contribution in [0.1, 0.15) is 163 Å². The highest BCUT2D eigenvalue weighted by atomic mass is 16.3. The Bertz CT molecular complexity index is 4200. The molecular formula is C81H76N2O2. The van der Waals surface area contributed by atoms with E-state index < -0.39 is 0 Å². The molecule has 0 bridgehead atoms. The second-order valence-electron chi connectivity index (χ2n) is 26.3. The second kappa shape index (κ2) is 21.2. The number of nitrogens with zero attached hydrogens (tertiary/aromatic N) is 2. The van der Waals surface area contributed by atoms with Gasteiger partial charge in [0.15, 0.2) is 11.2 Å². The molecule has 422 valence electrons. The molecule has 0 aliphatic heterocycles. The summed E-state index contributed by atoms with van der Waals surface area (Å²) in [7, 11) is 0. The van der Waals surface area contributed by atoms with Crippen LogP contribution in [0.5, 0.6) is 0 Å². The van der Waals surface area contributed by atoms with Gasteiger partial charge in [-0.15, -0.1) is 0 Å². The fourth-order valence-corrected chi connectivity index (χ4v) is 18.1. The Kier molecular flexibility index (Phi) is 12.8. The molecule has 17 rings (SSSR count). The predicted molar refractivity (Wildman–Crippen MR) is 356 cm³/mol. The first-order chi connectivity index (χ1) is 42.2. The van der Waals surface area contributed by atoms with Crippen LogP contribution in [0.3, 0.4) is 0 Å². The van der Waals surface area contributed by atoms with Crippen LogP contribution in [-0.4, -0.2) is 0 Å². The zero-order valence-electron chi connectivity index (χ0n) is 49.1. The van der Waals surface area contributed by atoms with Gasteiger partial charge < -0.3 is 18.6 Å². The Hall–Kier alpha value is -8.08. The zero-order valence-corrected chi connectivity index (χ0v) is 49.1. The van der Waals surface area contributed by atoms with E-state index >= 15 is 0 Å². The smallest absolute Gasteiger partial charge is 0.159 e. The summed E-state index contributed by atoms with van der Waals surface area (Å²) in [6.07, 6.45) is 25.8. The number of benzene rings is 10. The standard InChI is InChI=1S/C81H76N2O2/c1-7-23-53(24-8-1)65-35-19-37-69-71-39-21-41-73(79(71)84-77(65)69)82(59-31-15-5-16-32-59)61-45-49-63-55(51-61)43-47-67-68-48-44-56-52-62(46-50-64(56)76(68)81(75(63)67,57-27-11-3-12-28-57)58-29-13-4-14-30-58)83(60-33-17-6-18-34-60)74-42-22-40-72-70-38-20-36-66(78(70)85-80(72)74)54-25-9-2-10-26-54/h5-6,15-22,31-54,57-58H,1-4,7-14,23-30H2. The van der Waals surface area contributed by atoms with Gasteiger partial charge in [0, 0.05) is 49.7 Å². The van der Waals surface area contributed by atoms with E-state index in [1.54, 1.807) is 11.1 Å². The van der Waals surface area contributed by atoms with Gasteiger partial charge in [0.1, 0.15) is 11.2 Å². The maximum atomic E-state index is 7.24. The minimum absolute atomic E-state index is 0.127. The third-order valence-corrected chi connectivity index (χ3v) is 21.8. The molecule has 0 radical (unpaired) electrons. The van der Waals surface area contributed by atoms with Crippen molar-refractivity contribution in [2.24, 2.45) is 11.8 Å². The van der Waals surface area contributed by atoms with Crippen LogP contribution in [0.4, 0.5) is 34.1 Å². The molecule has 5 aliphatic rings. The van der Waals surface area contributed by atoms with Crippen molar-refractivity contribution in [3.05, 3.63) is 216 Å². The minimum Gasteiger partial charge on any atom is -0.454 e. The zero-order chi connectivity index (χ0) is 56.0. The van der Waals surface area contributed by atoms with Crippen LogP contribution < -0.4 is 9.80 Å². The number of furan rings is 2. The summed E-state index contributed by atoms with van der Waals surface area (Å²) in [6.45, 7) is 0. The fraction of sp³-hybridized carbons (Fsp3) is 0.309. The first-order valence-electron chi connectivity index (χ1n) is 32.9. The first kappa shape index (κ1) is 51.3. The van der Waals surface area contributed by atoms with Gasteiger partial charge in [-0.3, -0.25) is 0 Å².